The van der Waals surface area contributed by atoms with Crippen molar-refractivity contribution in [3.05, 3.63) is 57.0 Å². The van der Waals surface area contributed by atoms with E-state index in [0.717, 1.165) is 27.1 Å². The lowest BCUT2D eigenvalue weighted by atomic mass is 9.97. The van der Waals surface area contributed by atoms with Crippen molar-refractivity contribution in [2.24, 2.45) is 12.8 Å². The van der Waals surface area contributed by atoms with Crippen LogP contribution in [0, 0.1) is 13.8 Å². The summed E-state index contributed by atoms with van der Waals surface area (Å²) in [5.41, 5.74) is 9.65. The SMILES string of the molecule is Cc1sc2c(c1C)OC[C@@H](C(F)(F)F)N(C(=O)CN(C(N)=O)C(=O)[C@H]1CCc3cc(-c4cnn(C)c4)ccc31)C2. The predicted molar refractivity (Wildman–Crippen MR) is 141 cm³/mol. The number of urea groups is 1. The summed E-state index contributed by atoms with van der Waals surface area (Å²) >= 11 is 1.25. The van der Waals surface area contributed by atoms with Crippen molar-refractivity contribution in [1.29, 1.82) is 0 Å². The van der Waals surface area contributed by atoms with Crippen molar-refractivity contribution < 1.29 is 32.3 Å². The average molecular weight is 576 g/mol. The molecule has 1 aliphatic carbocycles. The summed E-state index contributed by atoms with van der Waals surface area (Å²) in [5, 5.41) is 4.17. The molecule has 212 valence electrons. The Morgan fingerprint density at radius 2 is 1.98 bits per heavy atom. The van der Waals surface area contributed by atoms with Crippen LogP contribution in [0.2, 0.25) is 0 Å². The molecule has 4 amide bonds. The number of halogens is 3. The van der Waals surface area contributed by atoms with Gasteiger partial charge in [0.25, 0.3) is 0 Å². The Morgan fingerprint density at radius 3 is 2.62 bits per heavy atom. The quantitative estimate of drug-likeness (QED) is 0.505. The second-order valence-electron chi connectivity index (χ2n) is 10.1. The fourth-order valence-electron chi connectivity index (χ4n) is 5.32. The number of benzene rings is 1. The van der Waals surface area contributed by atoms with E-state index in [1.165, 1.54) is 11.3 Å². The molecule has 40 heavy (non-hydrogen) atoms. The molecule has 0 bridgehead atoms. The molecule has 3 aromatic rings. The van der Waals surface area contributed by atoms with Gasteiger partial charge in [-0.05, 0) is 43.4 Å². The first-order chi connectivity index (χ1) is 18.8. The summed E-state index contributed by atoms with van der Waals surface area (Å²) in [6, 6.07) is 2.14. The van der Waals surface area contributed by atoms with E-state index in [0.29, 0.717) is 38.8 Å². The average Bonchev–Trinajstić information content (AvgIpc) is 3.54. The molecule has 0 unspecified atom stereocenters. The minimum absolute atomic E-state index is 0.336. The normalized spacial score (nSPS) is 18.5. The zero-order valence-electron chi connectivity index (χ0n) is 22.1. The van der Waals surface area contributed by atoms with Crippen LogP contribution in [0.3, 0.4) is 0 Å². The first-order valence-electron chi connectivity index (χ1n) is 12.7. The number of carbonyl (C=O) groups excluding carboxylic acids is 3. The number of rotatable bonds is 4. The van der Waals surface area contributed by atoms with Crippen LogP contribution in [0.1, 0.15) is 38.8 Å². The maximum Gasteiger partial charge on any atom is 0.412 e. The lowest BCUT2D eigenvalue weighted by molar-refractivity contribution is -0.195. The third kappa shape index (κ3) is 5.05. The molecule has 2 atom stereocenters. The van der Waals surface area contributed by atoms with Crippen LogP contribution in [0.25, 0.3) is 11.1 Å². The number of hydrogen-bond donors (Lipinski definition) is 1. The van der Waals surface area contributed by atoms with Gasteiger partial charge in [0.15, 0.2) is 6.04 Å². The Labute approximate surface area is 232 Å². The molecule has 0 radical (unpaired) electrons. The van der Waals surface area contributed by atoms with Gasteiger partial charge < -0.3 is 15.4 Å². The highest BCUT2D eigenvalue weighted by Crippen LogP contribution is 2.40. The molecule has 2 aromatic heterocycles. The summed E-state index contributed by atoms with van der Waals surface area (Å²) in [4.78, 5) is 41.8. The summed E-state index contributed by atoms with van der Waals surface area (Å²) in [5.74, 6) is -2.17. The number of ether oxygens (including phenoxy) is 1. The number of primary amides is 1. The van der Waals surface area contributed by atoms with E-state index in [-0.39, 0.29) is 6.54 Å². The highest BCUT2D eigenvalue weighted by Gasteiger charge is 2.48. The number of carbonyl (C=O) groups is 3. The minimum Gasteiger partial charge on any atom is -0.490 e. The van der Waals surface area contributed by atoms with E-state index < -0.39 is 49.1 Å². The van der Waals surface area contributed by atoms with Gasteiger partial charge in [-0.25, -0.2) is 4.79 Å². The van der Waals surface area contributed by atoms with Gasteiger partial charge in [0.1, 0.15) is 18.9 Å². The molecular formula is C27H28F3N5O4S. The number of nitrogens with two attached hydrogens (primary N) is 1. The van der Waals surface area contributed by atoms with Gasteiger partial charge in [0.2, 0.25) is 11.8 Å². The molecular weight excluding hydrogens is 547 g/mol. The Morgan fingerprint density at radius 1 is 1.23 bits per heavy atom. The molecule has 9 nitrogen and oxygen atoms in total. The number of aryl methyl sites for hydroxylation is 3. The molecule has 0 spiro atoms. The van der Waals surface area contributed by atoms with Gasteiger partial charge in [-0.3, -0.25) is 19.2 Å². The second kappa shape index (κ2) is 10.3. The van der Waals surface area contributed by atoms with Crippen LogP contribution >= 0.6 is 11.3 Å². The lowest BCUT2D eigenvalue weighted by Gasteiger charge is -2.32. The molecule has 1 aliphatic heterocycles. The predicted octanol–water partition coefficient (Wildman–Crippen LogP) is 4.05. The summed E-state index contributed by atoms with van der Waals surface area (Å²) in [6.07, 6.45) is -0.264. The van der Waals surface area contributed by atoms with E-state index in [1.54, 1.807) is 23.9 Å². The Bertz CT molecular complexity index is 1500. The number of aromatic nitrogens is 2. The number of fused-ring (bicyclic) bond motifs is 2. The minimum atomic E-state index is -4.79. The first kappa shape index (κ1) is 27.7. The maximum atomic E-state index is 14.0. The zero-order valence-corrected chi connectivity index (χ0v) is 22.9. The van der Waals surface area contributed by atoms with Crippen molar-refractivity contribution >= 4 is 29.2 Å². The molecule has 2 aliphatic rings. The summed E-state index contributed by atoms with van der Waals surface area (Å²) in [6.45, 7) is 1.51. The van der Waals surface area contributed by atoms with Crippen LogP contribution < -0.4 is 10.5 Å². The van der Waals surface area contributed by atoms with E-state index in [9.17, 15) is 27.6 Å². The molecule has 1 aromatic carbocycles. The van der Waals surface area contributed by atoms with Crippen LogP contribution in [-0.4, -0.2) is 62.8 Å². The monoisotopic (exact) mass is 575 g/mol. The highest BCUT2D eigenvalue weighted by molar-refractivity contribution is 7.12. The lowest BCUT2D eigenvalue weighted by Crippen LogP contribution is -2.55. The maximum absolute atomic E-state index is 14.0. The number of imide groups is 1. The Hall–Kier alpha value is -3.87. The largest absolute Gasteiger partial charge is 0.490 e. The van der Waals surface area contributed by atoms with Crippen LogP contribution in [-0.2, 0) is 29.6 Å². The van der Waals surface area contributed by atoms with Gasteiger partial charge in [0, 0.05) is 29.2 Å². The zero-order chi connectivity index (χ0) is 28.9. The van der Waals surface area contributed by atoms with E-state index >= 15 is 0 Å². The van der Waals surface area contributed by atoms with Crippen molar-refractivity contribution in [3.63, 3.8) is 0 Å². The van der Waals surface area contributed by atoms with Crippen molar-refractivity contribution in [3.8, 4) is 16.9 Å². The molecule has 0 saturated carbocycles. The molecule has 5 rings (SSSR count). The standard InChI is InChI=1S/C27H28F3N5O4S/c1-14-15(2)40-21-11-34(22(27(28,29)30)13-39-24(14)21)23(36)12-35(26(31)38)25(37)20-7-5-17-8-16(4-6-19(17)20)18-9-32-33(3)10-18/h4,6,8-10,20,22H,5,7,11-13H2,1-3H3,(H2,31,38)/t20-,22-/m0/s1. The third-order valence-corrected chi connectivity index (χ3v) is 8.73. The number of thiophene rings is 1. The van der Waals surface area contributed by atoms with Crippen LogP contribution in [0.4, 0.5) is 18.0 Å². The van der Waals surface area contributed by atoms with E-state index in [4.69, 9.17) is 10.5 Å². The van der Waals surface area contributed by atoms with Gasteiger partial charge in [-0.15, -0.1) is 11.3 Å². The highest BCUT2D eigenvalue weighted by atomic mass is 32.1. The fraction of sp³-hybridized carbons (Fsp3) is 0.407. The number of hydrogen-bond acceptors (Lipinski definition) is 6. The van der Waals surface area contributed by atoms with Crippen molar-refractivity contribution in [2.75, 3.05) is 13.2 Å². The fourth-order valence-corrected chi connectivity index (χ4v) is 6.45. The number of amides is 4. The number of nitrogens with zero attached hydrogens (tertiary/aromatic N) is 4. The van der Waals surface area contributed by atoms with Gasteiger partial charge in [0.05, 0.1) is 23.5 Å². The number of alkyl halides is 3. The van der Waals surface area contributed by atoms with Crippen LogP contribution in [0.15, 0.2) is 30.6 Å². The van der Waals surface area contributed by atoms with Crippen molar-refractivity contribution in [2.45, 2.75) is 51.4 Å². The molecule has 3 heterocycles. The van der Waals surface area contributed by atoms with Gasteiger partial charge in [-0.1, -0.05) is 18.2 Å². The molecule has 2 N–H and O–H groups in total. The van der Waals surface area contributed by atoms with E-state index in [2.05, 4.69) is 5.10 Å². The summed E-state index contributed by atoms with van der Waals surface area (Å²) < 4.78 is 49.2. The Kier molecular flexibility index (Phi) is 7.11. The second-order valence-corrected chi connectivity index (χ2v) is 11.4. The van der Waals surface area contributed by atoms with Gasteiger partial charge >= 0.3 is 12.2 Å². The third-order valence-electron chi connectivity index (χ3n) is 7.55. The molecule has 0 fully saturated rings. The van der Waals surface area contributed by atoms with Gasteiger partial charge in [-0.2, -0.15) is 18.3 Å². The Balaban J connectivity index is 1.38. The van der Waals surface area contributed by atoms with E-state index in [1.807, 2.05) is 32.3 Å². The topological polar surface area (TPSA) is 111 Å². The smallest absolute Gasteiger partial charge is 0.412 e. The molecule has 13 heteroatoms. The van der Waals surface area contributed by atoms with Crippen molar-refractivity contribution in [1.82, 2.24) is 19.6 Å². The molecule has 0 saturated heterocycles. The van der Waals surface area contributed by atoms with Crippen LogP contribution in [0.5, 0.6) is 5.75 Å². The summed E-state index contributed by atoms with van der Waals surface area (Å²) in [7, 11) is 1.81. The first-order valence-corrected chi connectivity index (χ1v) is 13.5.